The molecule has 4 fully saturated rings. The Kier molecular flexibility index (Phi) is 7.81. The second-order valence-corrected chi connectivity index (χ2v) is 15.4. The summed E-state index contributed by atoms with van der Waals surface area (Å²) >= 11 is 0. The monoisotopic (exact) mass is 655 g/mol. The molecule has 1 aromatic carbocycles. The van der Waals surface area contributed by atoms with E-state index in [1.165, 1.54) is 0 Å². The summed E-state index contributed by atoms with van der Waals surface area (Å²) in [5.74, 6) is -0.432. The van der Waals surface area contributed by atoms with E-state index in [1.54, 1.807) is 30.6 Å². The van der Waals surface area contributed by atoms with Gasteiger partial charge in [0.25, 0.3) is 0 Å². The van der Waals surface area contributed by atoms with Gasteiger partial charge < -0.3 is 28.5 Å². The summed E-state index contributed by atoms with van der Waals surface area (Å²) in [6, 6.07) is 15.2. The van der Waals surface area contributed by atoms with E-state index in [4.69, 9.17) is 23.4 Å². The summed E-state index contributed by atoms with van der Waals surface area (Å²) in [6.07, 6.45) is 7.62. The van der Waals surface area contributed by atoms with Crippen LogP contribution in [-0.2, 0) is 19.0 Å². The maximum atomic E-state index is 13.8. The molecule has 1 saturated heterocycles. The van der Waals surface area contributed by atoms with Crippen LogP contribution in [0.2, 0.25) is 0 Å². The Hall–Kier alpha value is -3.53. The molecule has 3 unspecified atom stereocenters. The molecule has 9 heteroatoms. The molecule has 0 spiro atoms. The van der Waals surface area contributed by atoms with Gasteiger partial charge in [-0.1, -0.05) is 63.4 Å². The Morgan fingerprint density at radius 1 is 1.00 bits per heavy atom. The van der Waals surface area contributed by atoms with Crippen LogP contribution in [0.3, 0.4) is 0 Å². The van der Waals surface area contributed by atoms with Crippen molar-refractivity contribution in [2.75, 3.05) is 6.61 Å². The highest BCUT2D eigenvalue weighted by Gasteiger charge is 2.71. The van der Waals surface area contributed by atoms with Crippen LogP contribution < -0.4 is 10.4 Å². The number of carbonyl (C=O) groups is 1. The first-order valence-electron chi connectivity index (χ1n) is 17.6. The minimum atomic E-state index is -1.20. The molecule has 1 N–H and O–H groups in total. The standard InChI is InChI=1S/C39H45NO8/c1-37-17-16-29-38(2,22-44-36(47-29)24-13-8-5-9-14-24)28(37)20-30(46-34(42)23-11-6-4-7-12-23)39(3)33(37)32(41)31-27(48-39)19-26(45-35(31)43)25-15-10-18-40-21-25/h5,8-10,13-15,18-19,21,23,28-30,32-33,36,41H,4,6-7,11-12,16-17,20,22H2,1-3H3/t28?,29-,30-,32-,33?,36+,37-,38?,39+/m0/s1. The molecule has 5 aliphatic rings. The average Bonchev–Trinajstić information content (AvgIpc) is 3.09. The number of nitrogens with zero attached hydrogens (tertiary/aromatic N) is 1. The van der Waals surface area contributed by atoms with E-state index in [9.17, 15) is 14.7 Å². The van der Waals surface area contributed by atoms with Crippen molar-refractivity contribution < 1.29 is 33.3 Å². The second-order valence-electron chi connectivity index (χ2n) is 15.4. The smallest absolute Gasteiger partial charge is 0.345 e. The molecule has 3 saturated carbocycles. The van der Waals surface area contributed by atoms with Gasteiger partial charge in [0.2, 0.25) is 0 Å². The fourth-order valence-corrected chi connectivity index (χ4v) is 10.2. The molecule has 3 aromatic rings. The maximum Gasteiger partial charge on any atom is 0.345 e. The SMILES string of the molecule is CC12CO[C@@H](c3ccccc3)O[C@H]1CC[C@@]1(C)C2C[C@H](OC(=O)C2CCCCC2)[C@@]2(C)Oc3cc(-c4cccnc4)oc(=O)c3[C@H](O)C12. The van der Waals surface area contributed by atoms with Crippen molar-refractivity contribution in [1.82, 2.24) is 4.98 Å². The first-order chi connectivity index (χ1) is 23.1. The molecule has 0 bridgehead atoms. The summed E-state index contributed by atoms with van der Waals surface area (Å²) in [5.41, 5.74) is -0.997. The fraction of sp³-hybridized carbons (Fsp3) is 0.564. The Morgan fingerprint density at radius 3 is 2.54 bits per heavy atom. The van der Waals surface area contributed by atoms with Crippen LogP contribution in [0.4, 0.5) is 0 Å². The molecule has 48 heavy (non-hydrogen) atoms. The van der Waals surface area contributed by atoms with Gasteiger partial charge in [-0.05, 0) is 62.5 Å². The highest BCUT2D eigenvalue weighted by Crippen LogP contribution is 2.68. The average molecular weight is 656 g/mol. The number of pyridine rings is 1. The van der Waals surface area contributed by atoms with Gasteiger partial charge >= 0.3 is 11.6 Å². The minimum Gasteiger partial charge on any atom is -0.482 e. The van der Waals surface area contributed by atoms with Gasteiger partial charge in [0.1, 0.15) is 28.8 Å². The van der Waals surface area contributed by atoms with Crippen LogP contribution in [0.5, 0.6) is 5.75 Å². The molecule has 4 heterocycles. The molecule has 9 nitrogen and oxygen atoms in total. The number of aromatic nitrogens is 1. The lowest BCUT2D eigenvalue weighted by Crippen LogP contribution is -2.72. The molecule has 254 valence electrons. The van der Waals surface area contributed by atoms with Crippen molar-refractivity contribution in [1.29, 1.82) is 0 Å². The molecule has 3 aliphatic carbocycles. The van der Waals surface area contributed by atoms with Gasteiger partial charge in [-0.25, -0.2) is 4.79 Å². The fourth-order valence-electron chi connectivity index (χ4n) is 10.2. The van der Waals surface area contributed by atoms with Crippen LogP contribution in [0, 0.1) is 28.6 Å². The summed E-state index contributed by atoms with van der Waals surface area (Å²) in [4.78, 5) is 31.7. The van der Waals surface area contributed by atoms with Crippen molar-refractivity contribution in [3.8, 4) is 17.1 Å². The van der Waals surface area contributed by atoms with Crippen molar-refractivity contribution in [2.45, 2.75) is 102 Å². The van der Waals surface area contributed by atoms with E-state index in [0.29, 0.717) is 24.4 Å². The number of aliphatic hydroxyl groups is 1. The molecule has 8 rings (SSSR count). The van der Waals surface area contributed by atoms with Gasteiger partial charge in [-0.2, -0.15) is 0 Å². The van der Waals surface area contributed by atoms with Gasteiger partial charge in [0.05, 0.1) is 24.7 Å². The molecule has 2 aromatic heterocycles. The topological polar surface area (TPSA) is 117 Å². The predicted octanol–water partition coefficient (Wildman–Crippen LogP) is 6.94. The quantitative estimate of drug-likeness (QED) is 0.299. The number of ether oxygens (including phenoxy) is 4. The molecule has 2 aliphatic heterocycles. The zero-order valence-electron chi connectivity index (χ0n) is 27.9. The number of fused-ring (bicyclic) bond motifs is 6. The number of rotatable bonds is 4. The number of carbonyl (C=O) groups excluding carboxylic acids is 1. The number of hydrogen-bond acceptors (Lipinski definition) is 9. The maximum absolute atomic E-state index is 13.8. The van der Waals surface area contributed by atoms with E-state index in [0.717, 1.165) is 50.5 Å². The van der Waals surface area contributed by atoms with Crippen LogP contribution in [0.15, 0.2) is 70.1 Å². The van der Waals surface area contributed by atoms with Crippen LogP contribution in [0.1, 0.15) is 95.7 Å². The highest BCUT2D eigenvalue weighted by atomic mass is 16.7. The van der Waals surface area contributed by atoms with Crippen LogP contribution in [0.25, 0.3) is 11.3 Å². The number of aliphatic hydroxyl groups excluding tert-OH is 1. The van der Waals surface area contributed by atoms with E-state index >= 15 is 0 Å². The zero-order chi connectivity index (χ0) is 33.3. The van der Waals surface area contributed by atoms with Gasteiger partial charge in [-0.3, -0.25) is 9.78 Å². The molecule has 0 amide bonds. The molecule has 0 radical (unpaired) electrons. The molecular weight excluding hydrogens is 610 g/mol. The third kappa shape index (κ3) is 4.95. The van der Waals surface area contributed by atoms with Crippen LogP contribution >= 0.6 is 0 Å². The van der Waals surface area contributed by atoms with Gasteiger partial charge in [-0.15, -0.1) is 0 Å². The lowest BCUT2D eigenvalue weighted by molar-refractivity contribution is -0.331. The molecule has 9 atom stereocenters. The first-order valence-corrected chi connectivity index (χ1v) is 17.6. The van der Waals surface area contributed by atoms with E-state index in [1.807, 2.05) is 37.3 Å². The van der Waals surface area contributed by atoms with Gasteiger partial charge in [0.15, 0.2) is 6.29 Å². The summed E-state index contributed by atoms with van der Waals surface area (Å²) < 4.78 is 32.4. The number of benzene rings is 1. The van der Waals surface area contributed by atoms with Crippen LogP contribution in [-0.4, -0.2) is 40.5 Å². The zero-order valence-corrected chi connectivity index (χ0v) is 27.9. The largest absolute Gasteiger partial charge is 0.482 e. The highest BCUT2D eigenvalue weighted by molar-refractivity contribution is 5.73. The lowest BCUT2D eigenvalue weighted by Gasteiger charge is -2.67. The first kappa shape index (κ1) is 31.7. The Labute approximate surface area is 281 Å². The third-order valence-electron chi connectivity index (χ3n) is 12.6. The normalized spacial score (nSPS) is 37.6. The van der Waals surface area contributed by atoms with E-state index in [-0.39, 0.29) is 35.2 Å². The summed E-state index contributed by atoms with van der Waals surface area (Å²) in [7, 11) is 0. The summed E-state index contributed by atoms with van der Waals surface area (Å²) in [6.45, 7) is 6.82. The Morgan fingerprint density at radius 2 is 1.79 bits per heavy atom. The van der Waals surface area contributed by atoms with Crippen molar-refractivity contribution in [2.24, 2.45) is 28.6 Å². The Balaban J connectivity index is 1.20. The summed E-state index contributed by atoms with van der Waals surface area (Å²) in [5, 5.41) is 12.4. The van der Waals surface area contributed by atoms with Crippen molar-refractivity contribution in [3.05, 3.63) is 82.5 Å². The number of hydrogen-bond donors (Lipinski definition) is 1. The second kappa shape index (κ2) is 11.8. The predicted molar refractivity (Wildman–Crippen MR) is 176 cm³/mol. The van der Waals surface area contributed by atoms with Gasteiger partial charge in [0, 0.05) is 40.9 Å². The molecular formula is C39H45NO8. The van der Waals surface area contributed by atoms with E-state index < -0.39 is 46.5 Å². The Bertz CT molecular complexity index is 1720. The number of esters is 1. The minimum absolute atomic E-state index is 0.0655. The van der Waals surface area contributed by atoms with E-state index in [2.05, 4.69) is 18.8 Å². The van der Waals surface area contributed by atoms with Crippen molar-refractivity contribution >= 4 is 5.97 Å². The third-order valence-corrected chi connectivity index (χ3v) is 12.6. The lowest BCUT2D eigenvalue weighted by atomic mass is 9.42. The van der Waals surface area contributed by atoms with Crippen molar-refractivity contribution in [3.63, 3.8) is 0 Å².